The van der Waals surface area contributed by atoms with Crippen LogP contribution >= 0.6 is 39.1 Å². The van der Waals surface area contributed by atoms with Gasteiger partial charge in [0, 0.05) is 20.1 Å². The summed E-state index contributed by atoms with van der Waals surface area (Å²) in [7, 11) is 0. The third-order valence-electron chi connectivity index (χ3n) is 4.74. The van der Waals surface area contributed by atoms with Gasteiger partial charge in [0.05, 0.1) is 11.3 Å². The SMILES string of the molecule is O=C1NC(=O)N(c2ccc(Cl)cc2)C(=O)/C1=C\c1cc(Br)ccc1OC(=O)c1ccc(Cl)cc1. The Morgan fingerprint density at radius 1 is 0.912 bits per heavy atom. The predicted octanol–water partition coefficient (Wildman–Crippen LogP) is 5.64. The van der Waals surface area contributed by atoms with Gasteiger partial charge in [0.15, 0.2) is 0 Å². The molecule has 34 heavy (non-hydrogen) atoms. The van der Waals surface area contributed by atoms with Crippen LogP contribution in [-0.2, 0) is 9.59 Å². The highest BCUT2D eigenvalue weighted by Crippen LogP contribution is 2.29. The van der Waals surface area contributed by atoms with Crippen LogP contribution in [0.4, 0.5) is 10.5 Å². The molecule has 7 nitrogen and oxygen atoms in total. The molecule has 0 atom stereocenters. The van der Waals surface area contributed by atoms with Gasteiger partial charge in [0.25, 0.3) is 11.8 Å². The van der Waals surface area contributed by atoms with Gasteiger partial charge in [-0.15, -0.1) is 0 Å². The van der Waals surface area contributed by atoms with E-state index in [1.807, 2.05) is 0 Å². The van der Waals surface area contributed by atoms with Gasteiger partial charge in [-0.2, -0.15) is 0 Å². The second kappa shape index (κ2) is 9.80. The van der Waals surface area contributed by atoms with Crippen molar-refractivity contribution in [1.29, 1.82) is 0 Å². The summed E-state index contributed by atoms with van der Waals surface area (Å²) in [6, 6.07) is 15.9. The number of rotatable bonds is 4. The first-order valence-corrected chi connectivity index (χ1v) is 11.2. The zero-order chi connectivity index (χ0) is 24.4. The second-order valence-corrected chi connectivity index (χ2v) is 8.80. The molecule has 4 amide bonds. The average Bonchev–Trinajstić information content (AvgIpc) is 2.80. The summed E-state index contributed by atoms with van der Waals surface area (Å²) in [5, 5.41) is 3.03. The third kappa shape index (κ3) is 5.04. The minimum Gasteiger partial charge on any atom is -0.422 e. The fraction of sp³-hybridized carbons (Fsp3) is 0. The zero-order valence-electron chi connectivity index (χ0n) is 17.1. The van der Waals surface area contributed by atoms with Crippen molar-refractivity contribution in [3.05, 3.63) is 97.9 Å². The van der Waals surface area contributed by atoms with E-state index < -0.39 is 23.8 Å². The lowest BCUT2D eigenvalue weighted by molar-refractivity contribution is -0.122. The number of benzene rings is 3. The molecular weight excluding hydrogens is 547 g/mol. The van der Waals surface area contributed by atoms with Crippen molar-refractivity contribution in [1.82, 2.24) is 5.32 Å². The molecule has 1 aliphatic rings. The van der Waals surface area contributed by atoms with E-state index in [1.165, 1.54) is 48.5 Å². The predicted molar refractivity (Wildman–Crippen MR) is 131 cm³/mol. The molecule has 0 radical (unpaired) electrons. The molecule has 3 aromatic carbocycles. The van der Waals surface area contributed by atoms with E-state index >= 15 is 0 Å². The Balaban J connectivity index is 1.70. The lowest BCUT2D eigenvalue weighted by atomic mass is 10.1. The van der Waals surface area contributed by atoms with Gasteiger partial charge in [0.2, 0.25) is 0 Å². The number of urea groups is 1. The van der Waals surface area contributed by atoms with Crippen LogP contribution in [0.1, 0.15) is 15.9 Å². The van der Waals surface area contributed by atoms with Crippen LogP contribution in [0.15, 0.2) is 76.8 Å². The highest BCUT2D eigenvalue weighted by atomic mass is 79.9. The maximum Gasteiger partial charge on any atom is 0.343 e. The number of ether oxygens (including phenoxy) is 1. The van der Waals surface area contributed by atoms with Gasteiger partial charge in [-0.05, 0) is 72.8 Å². The Bertz CT molecular complexity index is 1350. The number of hydrogen-bond donors (Lipinski definition) is 1. The Hall–Kier alpha value is -3.46. The fourth-order valence-electron chi connectivity index (χ4n) is 3.11. The highest BCUT2D eigenvalue weighted by molar-refractivity contribution is 9.10. The second-order valence-electron chi connectivity index (χ2n) is 7.01. The van der Waals surface area contributed by atoms with Crippen LogP contribution in [-0.4, -0.2) is 23.8 Å². The van der Waals surface area contributed by atoms with Crippen LogP contribution < -0.4 is 15.0 Å². The number of nitrogens with zero attached hydrogens (tertiary/aromatic N) is 1. The van der Waals surface area contributed by atoms with E-state index in [0.29, 0.717) is 14.5 Å². The van der Waals surface area contributed by atoms with Crippen molar-refractivity contribution in [2.45, 2.75) is 0 Å². The average molecular weight is 560 g/mol. The van der Waals surface area contributed by atoms with E-state index in [0.717, 1.165) is 4.90 Å². The van der Waals surface area contributed by atoms with E-state index in [4.69, 9.17) is 27.9 Å². The van der Waals surface area contributed by atoms with Crippen LogP contribution in [0, 0.1) is 0 Å². The topological polar surface area (TPSA) is 92.8 Å². The van der Waals surface area contributed by atoms with Gasteiger partial charge in [-0.1, -0.05) is 39.1 Å². The number of esters is 1. The quantitative estimate of drug-likeness (QED) is 0.193. The van der Waals surface area contributed by atoms with Crippen LogP contribution in [0.25, 0.3) is 6.08 Å². The van der Waals surface area contributed by atoms with Gasteiger partial charge in [-0.25, -0.2) is 14.5 Å². The van der Waals surface area contributed by atoms with Gasteiger partial charge in [-0.3, -0.25) is 14.9 Å². The van der Waals surface area contributed by atoms with Crippen molar-refractivity contribution in [3.8, 4) is 5.75 Å². The van der Waals surface area contributed by atoms with E-state index in [1.54, 1.807) is 24.3 Å². The molecule has 0 saturated carbocycles. The van der Waals surface area contributed by atoms with Crippen molar-refractivity contribution in [2.24, 2.45) is 0 Å². The molecule has 0 spiro atoms. The molecular formula is C24H13BrCl2N2O5. The van der Waals surface area contributed by atoms with Crippen molar-refractivity contribution in [3.63, 3.8) is 0 Å². The number of imide groups is 2. The summed E-state index contributed by atoms with van der Waals surface area (Å²) in [6.07, 6.45) is 1.25. The molecule has 1 fully saturated rings. The van der Waals surface area contributed by atoms with Crippen LogP contribution in [0.2, 0.25) is 10.0 Å². The Morgan fingerprint density at radius 3 is 2.18 bits per heavy atom. The summed E-state index contributed by atoms with van der Waals surface area (Å²) in [6.45, 7) is 0. The first-order chi connectivity index (χ1) is 16.2. The monoisotopic (exact) mass is 558 g/mol. The van der Waals surface area contributed by atoms with Crippen molar-refractivity contribution < 1.29 is 23.9 Å². The number of hydrogen-bond acceptors (Lipinski definition) is 5. The molecule has 4 rings (SSSR count). The lowest BCUT2D eigenvalue weighted by Crippen LogP contribution is -2.54. The molecule has 1 N–H and O–H groups in total. The van der Waals surface area contributed by atoms with E-state index in [-0.39, 0.29) is 28.1 Å². The molecule has 0 aliphatic carbocycles. The molecule has 170 valence electrons. The Kier molecular flexibility index (Phi) is 6.83. The minimum absolute atomic E-state index is 0.103. The molecule has 0 bridgehead atoms. The Labute approximate surface area is 212 Å². The smallest absolute Gasteiger partial charge is 0.343 e. The minimum atomic E-state index is -0.891. The van der Waals surface area contributed by atoms with Crippen molar-refractivity contribution in [2.75, 3.05) is 4.90 Å². The lowest BCUT2D eigenvalue weighted by Gasteiger charge is -2.26. The summed E-state index contributed by atoms with van der Waals surface area (Å²) < 4.78 is 6.11. The standard InChI is InChI=1S/C24H13BrCl2N2O5/c25-15-3-10-20(34-23(32)13-1-4-16(26)5-2-13)14(11-15)12-19-21(30)28-24(33)29(22(19)31)18-8-6-17(27)7-9-18/h1-12H,(H,28,30,33)/b19-12-. The molecule has 1 heterocycles. The molecule has 1 saturated heterocycles. The number of anilines is 1. The first kappa shape index (κ1) is 23.7. The van der Waals surface area contributed by atoms with Gasteiger partial charge < -0.3 is 4.74 Å². The molecule has 3 aromatic rings. The van der Waals surface area contributed by atoms with Gasteiger partial charge >= 0.3 is 12.0 Å². The number of halogens is 3. The zero-order valence-corrected chi connectivity index (χ0v) is 20.1. The third-order valence-corrected chi connectivity index (χ3v) is 5.74. The van der Waals surface area contributed by atoms with Crippen molar-refractivity contribution >= 4 is 74.7 Å². The normalized spacial score (nSPS) is 14.9. The molecule has 1 aliphatic heterocycles. The van der Waals surface area contributed by atoms with Gasteiger partial charge in [0.1, 0.15) is 11.3 Å². The first-order valence-electron chi connectivity index (χ1n) is 9.67. The maximum absolute atomic E-state index is 13.1. The largest absolute Gasteiger partial charge is 0.422 e. The number of carbonyl (C=O) groups is 4. The molecule has 0 unspecified atom stereocenters. The molecule has 10 heteroatoms. The number of barbiturate groups is 1. The van der Waals surface area contributed by atoms with E-state index in [2.05, 4.69) is 21.2 Å². The molecule has 0 aromatic heterocycles. The Morgan fingerprint density at radius 2 is 1.53 bits per heavy atom. The number of amides is 4. The highest BCUT2D eigenvalue weighted by Gasteiger charge is 2.37. The van der Waals surface area contributed by atoms with Crippen LogP contribution in [0.3, 0.4) is 0 Å². The maximum atomic E-state index is 13.1. The summed E-state index contributed by atoms with van der Waals surface area (Å²) in [5.74, 6) is -2.27. The fourth-order valence-corrected chi connectivity index (χ4v) is 3.74. The number of nitrogens with one attached hydrogen (secondary N) is 1. The number of carbonyl (C=O) groups excluding carboxylic acids is 4. The summed E-state index contributed by atoms with van der Waals surface area (Å²) >= 11 is 15.1. The summed E-state index contributed by atoms with van der Waals surface area (Å²) in [5.41, 5.74) is 0.433. The van der Waals surface area contributed by atoms with Crippen LogP contribution in [0.5, 0.6) is 5.75 Å². The summed E-state index contributed by atoms with van der Waals surface area (Å²) in [4.78, 5) is 51.4. The van der Waals surface area contributed by atoms with E-state index in [9.17, 15) is 19.2 Å².